The van der Waals surface area contributed by atoms with Gasteiger partial charge >= 0.3 is 17.9 Å². The fraction of sp³-hybridized carbons (Fsp3) is 0.471. The van der Waals surface area contributed by atoms with Crippen molar-refractivity contribution in [3.63, 3.8) is 0 Å². The minimum Gasteiger partial charge on any atom is -0.478 e. The van der Waals surface area contributed by atoms with Gasteiger partial charge in [-0.15, -0.1) is 0 Å². The molecule has 0 aromatic heterocycles. The molecule has 6 N–H and O–H groups in total. The van der Waals surface area contributed by atoms with Gasteiger partial charge in [-0.25, -0.2) is 14.4 Å². The second-order valence-corrected chi connectivity index (χ2v) is 4.81. The highest BCUT2D eigenvalue weighted by atomic mass is 16.4. The summed E-state index contributed by atoms with van der Waals surface area (Å²) in [7, 11) is 0. The zero-order valence-corrected chi connectivity index (χ0v) is 15.2. The van der Waals surface area contributed by atoms with Crippen molar-refractivity contribution in [3.8, 4) is 0 Å². The summed E-state index contributed by atoms with van der Waals surface area (Å²) in [5, 5.41) is 48.8. The van der Waals surface area contributed by atoms with Crippen LogP contribution in [0.4, 0.5) is 0 Å². The van der Waals surface area contributed by atoms with Gasteiger partial charge in [-0.05, 0) is 26.7 Å². The molecule has 0 saturated carbocycles. The van der Waals surface area contributed by atoms with E-state index in [1.807, 2.05) is 0 Å². The summed E-state index contributed by atoms with van der Waals surface area (Å²) in [6.07, 6.45) is 2.19. The third-order valence-corrected chi connectivity index (χ3v) is 2.19. The Morgan fingerprint density at radius 1 is 0.885 bits per heavy atom. The molecule has 9 heteroatoms. The highest BCUT2D eigenvalue weighted by Crippen LogP contribution is 2.02. The Labute approximate surface area is 153 Å². The van der Waals surface area contributed by atoms with Crippen LogP contribution in [0, 0.1) is 5.92 Å². The molecule has 0 aromatic rings. The standard InChI is InChI=1S/C6H14O3.2C4H6O2.C3H4O2/c7-3-1-2-6(4-8)5-9;2*1-3(2)4(5)6;1-2-3(4)5/h6-9H,1-5H2;2*1H2,2H3,(H,5,6);2H,1H2,(H,4,5). The normalized spacial score (nSPS) is 8.38. The fourth-order valence-electron chi connectivity index (χ4n) is 0.620. The van der Waals surface area contributed by atoms with E-state index >= 15 is 0 Å². The van der Waals surface area contributed by atoms with Gasteiger partial charge in [0, 0.05) is 43.0 Å². The van der Waals surface area contributed by atoms with E-state index in [0.717, 1.165) is 6.08 Å². The van der Waals surface area contributed by atoms with Crippen molar-refractivity contribution < 1.29 is 45.0 Å². The van der Waals surface area contributed by atoms with Crippen LogP contribution in [0.2, 0.25) is 0 Å². The number of hydrogen-bond donors (Lipinski definition) is 6. The first-order valence-electron chi connectivity index (χ1n) is 7.36. The van der Waals surface area contributed by atoms with Crippen molar-refractivity contribution >= 4 is 17.9 Å². The van der Waals surface area contributed by atoms with Crippen LogP contribution in [0.1, 0.15) is 26.7 Å². The molecule has 0 amide bonds. The molecule has 152 valence electrons. The third kappa shape index (κ3) is 37.6. The zero-order chi connectivity index (χ0) is 21.7. The van der Waals surface area contributed by atoms with Crippen molar-refractivity contribution in [1.82, 2.24) is 0 Å². The second-order valence-electron chi connectivity index (χ2n) is 4.81. The predicted molar refractivity (Wildman–Crippen MR) is 96.7 cm³/mol. The minimum atomic E-state index is -0.981. The number of rotatable bonds is 8. The molecular weight excluding hydrogens is 348 g/mol. The van der Waals surface area contributed by atoms with Gasteiger partial charge in [0.15, 0.2) is 0 Å². The zero-order valence-electron chi connectivity index (χ0n) is 15.2. The van der Waals surface area contributed by atoms with Gasteiger partial charge in [0.1, 0.15) is 0 Å². The number of carboxylic acid groups (broad SMARTS) is 3. The first-order valence-corrected chi connectivity index (χ1v) is 7.36. The monoisotopic (exact) mass is 378 g/mol. The number of carbonyl (C=O) groups is 3. The number of carboxylic acids is 3. The van der Waals surface area contributed by atoms with Gasteiger partial charge in [-0.3, -0.25) is 0 Å². The Morgan fingerprint density at radius 3 is 1.27 bits per heavy atom. The average molecular weight is 378 g/mol. The van der Waals surface area contributed by atoms with Gasteiger partial charge in [0.2, 0.25) is 0 Å². The van der Waals surface area contributed by atoms with Gasteiger partial charge in [0.25, 0.3) is 0 Å². The number of aliphatic hydroxyl groups is 3. The summed E-state index contributed by atoms with van der Waals surface area (Å²) >= 11 is 0. The summed E-state index contributed by atoms with van der Waals surface area (Å²) in [6, 6.07) is 0. The topological polar surface area (TPSA) is 173 Å². The van der Waals surface area contributed by atoms with E-state index in [9.17, 15) is 14.4 Å². The smallest absolute Gasteiger partial charge is 0.330 e. The van der Waals surface area contributed by atoms with Crippen molar-refractivity contribution in [2.24, 2.45) is 5.92 Å². The third-order valence-electron chi connectivity index (χ3n) is 2.19. The van der Waals surface area contributed by atoms with Crippen LogP contribution in [0.25, 0.3) is 0 Å². The van der Waals surface area contributed by atoms with Gasteiger partial charge < -0.3 is 30.6 Å². The largest absolute Gasteiger partial charge is 0.478 e. The van der Waals surface area contributed by atoms with Crippen LogP contribution in [0.15, 0.2) is 37.0 Å². The molecule has 0 heterocycles. The van der Waals surface area contributed by atoms with Crippen molar-refractivity contribution in [1.29, 1.82) is 0 Å². The average Bonchev–Trinajstić information content (AvgIpc) is 2.57. The van der Waals surface area contributed by atoms with Crippen LogP contribution >= 0.6 is 0 Å². The van der Waals surface area contributed by atoms with Crippen LogP contribution in [0.5, 0.6) is 0 Å². The van der Waals surface area contributed by atoms with E-state index in [0.29, 0.717) is 12.8 Å². The van der Waals surface area contributed by atoms with E-state index in [1.165, 1.54) is 13.8 Å². The van der Waals surface area contributed by atoms with Crippen LogP contribution in [-0.2, 0) is 14.4 Å². The molecule has 26 heavy (non-hydrogen) atoms. The Morgan fingerprint density at radius 2 is 1.15 bits per heavy atom. The molecule has 0 aliphatic heterocycles. The Hall–Kier alpha value is -2.49. The van der Waals surface area contributed by atoms with E-state index in [2.05, 4.69) is 19.7 Å². The molecule has 0 radical (unpaired) electrons. The van der Waals surface area contributed by atoms with Gasteiger partial charge in [-0.1, -0.05) is 19.7 Å². The minimum absolute atomic E-state index is 0.0104. The maximum Gasteiger partial charge on any atom is 0.330 e. The van der Waals surface area contributed by atoms with Gasteiger partial charge in [-0.2, -0.15) is 0 Å². The molecule has 0 aliphatic carbocycles. The molecule has 0 aromatic carbocycles. The highest BCUT2D eigenvalue weighted by Gasteiger charge is 2.03. The number of hydrogen-bond acceptors (Lipinski definition) is 6. The lowest BCUT2D eigenvalue weighted by Gasteiger charge is -2.07. The first-order chi connectivity index (χ1) is 11.9. The SMILES string of the molecule is C=C(C)C(=O)O.C=C(C)C(=O)O.C=CC(=O)O.OCCCC(CO)CO. The van der Waals surface area contributed by atoms with E-state index < -0.39 is 17.9 Å². The highest BCUT2D eigenvalue weighted by molar-refractivity contribution is 5.85. The second kappa shape index (κ2) is 22.5. The van der Waals surface area contributed by atoms with Crippen molar-refractivity contribution in [2.75, 3.05) is 19.8 Å². The predicted octanol–water partition coefficient (Wildman–Crippen LogP) is 0.911. The molecule has 0 bridgehead atoms. The Bertz CT molecular complexity index is 390. The molecule has 0 fully saturated rings. The molecule has 0 unspecified atom stereocenters. The molecule has 0 rings (SSSR count). The maximum atomic E-state index is 9.60. The quantitative estimate of drug-likeness (QED) is 0.336. The lowest BCUT2D eigenvalue weighted by atomic mass is 10.1. The Kier molecular flexibility index (Phi) is 27.1. The fourth-order valence-corrected chi connectivity index (χ4v) is 0.620. The van der Waals surface area contributed by atoms with E-state index in [4.69, 9.17) is 30.6 Å². The van der Waals surface area contributed by atoms with Crippen molar-refractivity contribution in [3.05, 3.63) is 37.0 Å². The van der Waals surface area contributed by atoms with E-state index in [-0.39, 0.29) is 36.9 Å². The number of aliphatic carboxylic acids is 3. The van der Waals surface area contributed by atoms with Gasteiger partial charge in [0.05, 0.1) is 0 Å². The molecular formula is C17H30O9. The summed E-state index contributed by atoms with van der Waals surface area (Å²) in [5.74, 6) is -2.90. The van der Waals surface area contributed by atoms with Crippen LogP contribution < -0.4 is 0 Å². The number of aliphatic hydroxyl groups excluding tert-OH is 3. The van der Waals surface area contributed by atoms with E-state index in [1.54, 1.807) is 0 Å². The van der Waals surface area contributed by atoms with Crippen molar-refractivity contribution in [2.45, 2.75) is 26.7 Å². The maximum absolute atomic E-state index is 9.60. The molecule has 0 atom stereocenters. The van der Waals surface area contributed by atoms with Crippen LogP contribution in [-0.4, -0.2) is 68.4 Å². The summed E-state index contributed by atoms with van der Waals surface area (Å²) in [4.78, 5) is 28.4. The lowest BCUT2D eigenvalue weighted by Crippen LogP contribution is -2.11. The molecule has 9 nitrogen and oxygen atoms in total. The molecule has 0 spiro atoms. The summed E-state index contributed by atoms with van der Waals surface area (Å²) in [6.45, 7) is 12.3. The Balaban J connectivity index is -0.000000128. The molecule has 0 saturated heterocycles. The lowest BCUT2D eigenvalue weighted by molar-refractivity contribution is -0.133. The molecule has 0 aliphatic rings. The van der Waals surface area contributed by atoms with Crippen LogP contribution in [0.3, 0.4) is 0 Å². The summed E-state index contributed by atoms with van der Waals surface area (Å²) in [5.41, 5.74) is 0.352. The first kappa shape index (κ1) is 31.3. The summed E-state index contributed by atoms with van der Waals surface area (Å²) < 4.78 is 0.